The maximum Gasteiger partial charge on any atom is 0.418 e. The van der Waals surface area contributed by atoms with E-state index in [9.17, 15) is 27.6 Å². The summed E-state index contributed by atoms with van der Waals surface area (Å²) < 4.78 is 39.1. The fourth-order valence-corrected chi connectivity index (χ4v) is 3.81. The molecule has 2 unspecified atom stereocenters. The van der Waals surface area contributed by atoms with Gasteiger partial charge in [0.25, 0.3) is 5.91 Å². The monoisotopic (exact) mass is 383 g/mol. The highest BCUT2D eigenvalue weighted by Gasteiger charge is 2.55. The Kier molecular flexibility index (Phi) is 4.88. The van der Waals surface area contributed by atoms with Crippen LogP contribution in [0.1, 0.15) is 38.2 Å². The molecule has 1 aromatic rings. The van der Waals surface area contributed by atoms with Gasteiger partial charge in [-0.15, -0.1) is 0 Å². The van der Waals surface area contributed by atoms with Gasteiger partial charge in [-0.3, -0.25) is 14.5 Å². The summed E-state index contributed by atoms with van der Waals surface area (Å²) in [7, 11) is 0. The molecule has 1 saturated heterocycles. The zero-order valence-electron chi connectivity index (χ0n) is 14.7. The lowest BCUT2D eigenvalue weighted by molar-refractivity contribution is -0.138. The number of amides is 4. The molecule has 2 atom stereocenters. The number of urea groups is 1. The van der Waals surface area contributed by atoms with Gasteiger partial charge in [-0.05, 0) is 30.9 Å². The second kappa shape index (κ2) is 6.86. The molecule has 9 heteroatoms. The zero-order chi connectivity index (χ0) is 19.8. The van der Waals surface area contributed by atoms with Gasteiger partial charge in [0.05, 0.1) is 11.3 Å². The van der Waals surface area contributed by atoms with Gasteiger partial charge in [-0.2, -0.15) is 13.2 Å². The average molecular weight is 383 g/mol. The standard InChI is InChI=1S/C18H20F3N3O3/c1-11-6-4-5-9-17(11)15(26)24(16(27)23-17)10-14(25)22-13-8-3-2-7-12(13)18(19,20)21/h2-3,7-8,11H,4-6,9-10H2,1H3,(H,22,25)(H,23,27). The molecule has 1 aliphatic heterocycles. The van der Waals surface area contributed by atoms with E-state index >= 15 is 0 Å². The van der Waals surface area contributed by atoms with Crippen LogP contribution in [-0.2, 0) is 15.8 Å². The molecule has 1 aromatic carbocycles. The molecule has 1 saturated carbocycles. The summed E-state index contributed by atoms with van der Waals surface area (Å²) >= 11 is 0. The summed E-state index contributed by atoms with van der Waals surface area (Å²) in [4.78, 5) is 38.1. The number of nitrogens with one attached hydrogen (secondary N) is 2. The SMILES string of the molecule is CC1CCCCC12NC(=O)N(CC(=O)Nc1ccccc1C(F)(F)F)C2=O. The van der Waals surface area contributed by atoms with Gasteiger partial charge < -0.3 is 10.6 Å². The first-order chi connectivity index (χ1) is 12.6. The lowest BCUT2D eigenvalue weighted by Crippen LogP contribution is -2.54. The molecule has 1 aliphatic carbocycles. The van der Waals surface area contributed by atoms with E-state index in [0.29, 0.717) is 6.42 Å². The summed E-state index contributed by atoms with van der Waals surface area (Å²) in [5.41, 5.74) is -2.42. The third-order valence-electron chi connectivity index (χ3n) is 5.31. The minimum atomic E-state index is -4.63. The summed E-state index contributed by atoms with van der Waals surface area (Å²) in [5.74, 6) is -1.42. The Morgan fingerprint density at radius 2 is 2.00 bits per heavy atom. The first kappa shape index (κ1) is 19.2. The number of halogens is 3. The molecule has 6 nitrogen and oxygen atoms in total. The van der Waals surface area contributed by atoms with Gasteiger partial charge in [0.2, 0.25) is 5.91 Å². The van der Waals surface area contributed by atoms with Crippen molar-refractivity contribution in [3.05, 3.63) is 29.8 Å². The summed E-state index contributed by atoms with van der Waals surface area (Å²) in [6.45, 7) is 1.24. The predicted molar refractivity (Wildman–Crippen MR) is 90.7 cm³/mol. The number of rotatable bonds is 3. The molecule has 3 rings (SSSR count). The molecular weight excluding hydrogens is 363 g/mol. The number of carbonyl (C=O) groups excluding carboxylic acids is 3. The Balaban J connectivity index is 1.74. The lowest BCUT2D eigenvalue weighted by atomic mass is 9.73. The van der Waals surface area contributed by atoms with Crippen LogP contribution in [0, 0.1) is 5.92 Å². The predicted octanol–water partition coefficient (Wildman–Crippen LogP) is 3.14. The molecular formula is C18H20F3N3O3. The molecule has 1 heterocycles. The minimum absolute atomic E-state index is 0.0679. The fourth-order valence-electron chi connectivity index (χ4n) is 3.81. The Morgan fingerprint density at radius 1 is 1.30 bits per heavy atom. The van der Waals surface area contributed by atoms with Crippen LogP contribution < -0.4 is 10.6 Å². The maximum absolute atomic E-state index is 13.0. The highest BCUT2D eigenvalue weighted by atomic mass is 19.4. The molecule has 1 spiro atoms. The summed E-state index contributed by atoms with van der Waals surface area (Å²) in [6, 6.07) is 3.86. The Morgan fingerprint density at radius 3 is 2.67 bits per heavy atom. The van der Waals surface area contributed by atoms with E-state index in [0.717, 1.165) is 36.3 Å². The van der Waals surface area contributed by atoms with Crippen LogP contribution in [0.5, 0.6) is 0 Å². The molecule has 27 heavy (non-hydrogen) atoms. The van der Waals surface area contributed by atoms with Crippen LogP contribution in [0.25, 0.3) is 0 Å². The number of carbonyl (C=O) groups is 3. The van der Waals surface area contributed by atoms with E-state index in [4.69, 9.17) is 0 Å². The molecule has 2 fully saturated rings. The van der Waals surface area contributed by atoms with Crippen molar-refractivity contribution in [2.45, 2.75) is 44.3 Å². The third kappa shape index (κ3) is 3.50. The number of hydrogen-bond acceptors (Lipinski definition) is 3. The Labute approximate surface area is 154 Å². The van der Waals surface area contributed by atoms with Crippen molar-refractivity contribution in [1.29, 1.82) is 0 Å². The second-order valence-corrected chi connectivity index (χ2v) is 7.03. The number of hydrogen-bond donors (Lipinski definition) is 2. The molecule has 4 amide bonds. The van der Waals surface area contributed by atoms with Crippen molar-refractivity contribution in [2.75, 3.05) is 11.9 Å². The first-order valence-corrected chi connectivity index (χ1v) is 8.75. The van der Waals surface area contributed by atoms with Crippen molar-refractivity contribution in [1.82, 2.24) is 10.2 Å². The average Bonchev–Trinajstić information content (AvgIpc) is 2.82. The zero-order valence-corrected chi connectivity index (χ0v) is 14.7. The quantitative estimate of drug-likeness (QED) is 0.787. The van der Waals surface area contributed by atoms with Gasteiger partial charge in [0, 0.05) is 0 Å². The number of para-hydroxylation sites is 1. The Hall–Kier alpha value is -2.58. The van der Waals surface area contributed by atoms with Crippen LogP contribution in [0.15, 0.2) is 24.3 Å². The van der Waals surface area contributed by atoms with E-state index in [1.165, 1.54) is 12.1 Å². The van der Waals surface area contributed by atoms with Crippen LogP contribution in [-0.4, -0.2) is 34.8 Å². The highest BCUT2D eigenvalue weighted by Crippen LogP contribution is 2.38. The molecule has 0 bridgehead atoms. The van der Waals surface area contributed by atoms with Crippen LogP contribution in [0.3, 0.4) is 0 Å². The van der Waals surface area contributed by atoms with Crippen molar-refractivity contribution in [2.24, 2.45) is 5.92 Å². The number of benzene rings is 1. The molecule has 146 valence electrons. The summed E-state index contributed by atoms with van der Waals surface area (Å²) in [6.07, 6.45) is -1.61. The van der Waals surface area contributed by atoms with Gasteiger partial charge in [0.1, 0.15) is 12.1 Å². The number of anilines is 1. The highest BCUT2D eigenvalue weighted by molar-refractivity contribution is 6.10. The second-order valence-electron chi connectivity index (χ2n) is 7.03. The largest absolute Gasteiger partial charge is 0.418 e. The van der Waals surface area contributed by atoms with E-state index in [-0.39, 0.29) is 5.92 Å². The van der Waals surface area contributed by atoms with Crippen LogP contribution >= 0.6 is 0 Å². The van der Waals surface area contributed by atoms with Crippen molar-refractivity contribution in [3.8, 4) is 0 Å². The van der Waals surface area contributed by atoms with Crippen molar-refractivity contribution < 1.29 is 27.6 Å². The topological polar surface area (TPSA) is 78.5 Å². The first-order valence-electron chi connectivity index (χ1n) is 8.75. The maximum atomic E-state index is 13.0. The molecule has 2 aliphatic rings. The number of imide groups is 1. The fraction of sp³-hybridized carbons (Fsp3) is 0.500. The normalized spacial score (nSPS) is 25.6. The van der Waals surface area contributed by atoms with E-state index in [1.54, 1.807) is 0 Å². The van der Waals surface area contributed by atoms with E-state index < -0.39 is 47.4 Å². The molecule has 0 radical (unpaired) electrons. The van der Waals surface area contributed by atoms with Crippen LogP contribution in [0.2, 0.25) is 0 Å². The van der Waals surface area contributed by atoms with Gasteiger partial charge in [0.15, 0.2) is 0 Å². The lowest BCUT2D eigenvalue weighted by Gasteiger charge is -2.36. The number of nitrogens with zero attached hydrogens (tertiary/aromatic N) is 1. The van der Waals surface area contributed by atoms with Crippen molar-refractivity contribution >= 4 is 23.5 Å². The minimum Gasteiger partial charge on any atom is -0.324 e. The van der Waals surface area contributed by atoms with Gasteiger partial charge in [-0.25, -0.2) is 4.79 Å². The molecule has 0 aromatic heterocycles. The van der Waals surface area contributed by atoms with Crippen molar-refractivity contribution in [3.63, 3.8) is 0 Å². The van der Waals surface area contributed by atoms with Gasteiger partial charge >= 0.3 is 12.2 Å². The third-order valence-corrected chi connectivity index (χ3v) is 5.31. The number of alkyl halides is 3. The summed E-state index contributed by atoms with van der Waals surface area (Å²) in [5, 5.41) is 4.86. The van der Waals surface area contributed by atoms with Crippen LogP contribution in [0.4, 0.5) is 23.7 Å². The van der Waals surface area contributed by atoms with E-state index in [1.807, 2.05) is 6.92 Å². The Bertz CT molecular complexity index is 781. The smallest absolute Gasteiger partial charge is 0.324 e. The van der Waals surface area contributed by atoms with Gasteiger partial charge in [-0.1, -0.05) is 31.9 Å². The molecule has 2 N–H and O–H groups in total. The van der Waals surface area contributed by atoms with E-state index in [2.05, 4.69) is 10.6 Å².